The molecule has 0 heterocycles. The average molecular weight is 236 g/mol. The Morgan fingerprint density at radius 3 is 2.53 bits per heavy atom. The molecule has 0 saturated carbocycles. The highest BCUT2D eigenvalue weighted by Crippen LogP contribution is 2.11. The molecular weight excluding hydrogens is 216 g/mol. The highest BCUT2D eigenvalue weighted by atomic mass is 16.5. The summed E-state index contributed by atoms with van der Waals surface area (Å²) in [5.41, 5.74) is 7.84. The summed E-state index contributed by atoms with van der Waals surface area (Å²) in [4.78, 5) is 11.8. The molecule has 1 aromatic carbocycles. The maximum absolute atomic E-state index is 11.8. The smallest absolute Gasteiger partial charge is 0.241 e. The van der Waals surface area contributed by atoms with E-state index >= 15 is 0 Å². The molecule has 0 saturated heterocycles. The van der Waals surface area contributed by atoms with Crippen molar-refractivity contribution in [3.8, 4) is 0 Å². The largest absolute Gasteiger partial charge is 0.383 e. The van der Waals surface area contributed by atoms with Gasteiger partial charge in [0.2, 0.25) is 5.91 Å². The minimum Gasteiger partial charge on any atom is -0.383 e. The summed E-state index contributed by atoms with van der Waals surface area (Å²) < 4.78 is 4.95. The Hall–Kier alpha value is -1.39. The number of nitrogens with one attached hydrogen (secondary N) is 1. The van der Waals surface area contributed by atoms with Crippen LogP contribution in [0.5, 0.6) is 0 Å². The fourth-order valence-corrected chi connectivity index (χ4v) is 1.55. The summed E-state index contributed by atoms with van der Waals surface area (Å²) in [5.74, 6) is -0.182. The Balaban J connectivity index is 2.60. The third kappa shape index (κ3) is 4.17. The lowest BCUT2D eigenvalue weighted by Gasteiger charge is -2.17. The molecule has 0 fully saturated rings. The molecule has 17 heavy (non-hydrogen) atoms. The van der Waals surface area contributed by atoms with Crippen molar-refractivity contribution in [2.45, 2.75) is 25.9 Å². The first-order valence-electron chi connectivity index (χ1n) is 5.66. The van der Waals surface area contributed by atoms with Gasteiger partial charge >= 0.3 is 0 Å². The van der Waals surface area contributed by atoms with Crippen molar-refractivity contribution in [3.63, 3.8) is 0 Å². The maximum Gasteiger partial charge on any atom is 0.241 e. The molecule has 0 aliphatic rings. The van der Waals surface area contributed by atoms with Gasteiger partial charge in [0.1, 0.15) is 6.04 Å². The van der Waals surface area contributed by atoms with Crippen LogP contribution in [0.15, 0.2) is 24.3 Å². The van der Waals surface area contributed by atoms with Crippen molar-refractivity contribution < 1.29 is 9.53 Å². The molecule has 3 N–H and O–H groups in total. The Morgan fingerprint density at radius 1 is 1.41 bits per heavy atom. The predicted molar refractivity (Wildman–Crippen MR) is 67.6 cm³/mol. The molecule has 0 radical (unpaired) electrons. The van der Waals surface area contributed by atoms with E-state index in [0.717, 1.165) is 11.1 Å². The molecule has 2 unspecified atom stereocenters. The van der Waals surface area contributed by atoms with Gasteiger partial charge < -0.3 is 15.8 Å². The number of amides is 1. The number of nitrogens with two attached hydrogens (primary N) is 1. The van der Waals surface area contributed by atoms with Crippen LogP contribution in [0.25, 0.3) is 0 Å². The molecule has 94 valence electrons. The van der Waals surface area contributed by atoms with Gasteiger partial charge in [-0.3, -0.25) is 4.79 Å². The number of hydrogen-bond donors (Lipinski definition) is 2. The fourth-order valence-electron chi connectivity index (χ4n) is 1.55. The number of hydrogen-bond acceptors (Lipinski definition) is 3. The average Bonchev–Trinajstić information content (AvgIpc) is 2.29. The molecule has 1 rings (SSSR count). The number of ether oxygens (including phenoxy) is 1. The van der Waals surface area contributed by atoms with E-state index in [1.165, 1.54) is 0 Å². The van der Waals surface area contributed by atoms with Gasteiger partial charge in [-0.25, -0.2) is 0 Å². The first kappa shape index (κ1) is 13.7. The summed E-state index contributed by atoms with van der Waals surface area (Å²) in [7, 11) is 1.60. The molecule has 1 amide bonds. The van der Waals surface area contributed by atoms with Gasteiger partial charge in [-0.1, -0.05) is 29.8 Å². The van der Waals surface area contributed by atoms with Crippen LogP contribution in [0.3, 0.4) is 0 Å². The zero-order chi connectivity index (χ0) is 12.8. The number of aryl methyl sites for hydroxylation is 1. The summed E-state index contributed by atoms with van der Waals surface area (Å²) in [6.07, 6.45) is 0. The highest BCUT2D eigenvalue weighted by molar-refractivity contribution is 5.83. The molecule has 4 heteroatoms. The third-order valence-electron chi connectivity index (χ3n) is 2.52. The number of methoxy groups -OCH3 is 1. The van der Waals surface area contributed by atoms with E-state index in [4.69, 9.17) is 10.5 Å². The van der Waals surface area contributed by atoms with Crippen LogP contribution in [0.2, 0.25) is 0 Å². The number of carbonyl (C=O) groups excluding carboxylic acids is 1. The Labute approximate surface area is 102 Å². The molecule has 0 aliphatic heterocycles. The number of rotatable bonds is 5. The van der Waals surface area contributed by atoms with Crippen LogP contribution in [0, 0.1) is 6.92 Å². The van der Waals surface area contributed by atoms with Gasteiger partial charge in [0.25, 0.3) is 0 Å². The summed E-state index contributed by atoms with van der Waals surface area (Å²) >= 11 is 0. The lowest BCUT2D eigenvalue weighted by atomic mass is 10.1. The zero-order valence-corrected chi connectivity index (χ0v) is 10.6. The Bertz CT molecular complexity index is 362. The summed E-state index contributed by atoms with van der Waals surface area (Å²) in [5, 5.41) is 2.80. The third-order valence-corrected chi connectivity index (χ3v) is 2.52. The second-order valence-electron chi connectivity index (χ2n) is 4.25. The van der Waals surface area contributed by atoms with Gasteiger partial charge in [0.15, 0.2) is 0 Å². The molecule has 0 bridgehead atoms. The topological polar surface area (TPSA) is 64.3 Å². The fraction of sp³-hybridized carbons (Fsp3) is 0.462. The molecular formula is C13H20N2O2. The second kappa shape index (κ2) is 6.37. The van der Waals surface area contributed by atoms with E-state index < -0.39 is 6.04 Å². The Morgan fingerprint density at radius 2 is 2.00 bits per heavy atom. The van der Waals surface area contributed by atoms with Crippen molar-refractivity contribution in [1.82, 2.24) is 5.32 Å². The molecule has 0 spiro atoms. The van der Waals surface area contributed by atoms with Crippen molar-refractivity contribution >= 4 is 5.91 Å². The van der Waals surface area contributed by atoms with Crippen molar-refractivity contribution in [3.05, 3.63) is 35.4 Å². The maximum atomic E-state index is 11.8. The zero-order valence-electron chi connectivity index (χ0n) is 10.6. The number of benzene rings is 1. The monoisotopic (exact) mass is 236 g/mol. The second-order valence-corrected chi connectivity index (χ2v) is 4.25. The first-order chi connectivity index (χ1) is 8.04. The van der Waals surface area contributed by atoms with Crippen molar-refractivity contribution in [2.24, 2.45) is 5.73 Å². The molecule has 0 aromatic heterocycles. The van der Waals surface area contributed by atoms with Gasteiger partial charge in [-0.15, -0.1) is 0 Å². The first-order valence-corrected chi connectivity index (χ1v) is 5.66. The van der Waals surface area contributed by atoms with Crippen LogP contribution in [-0.4, -0.2) is 25.7 Å². The summed E-state index contributed by atoms with van der Waals surface area (Å²) in [6, 6.07) is 6.97. The van der Waals surface area contributed by atoms with Crippen molar-refractivity contribution in [2.75, 3.05) is 13.7 Å². The predicted octanol–water partition coefficient (Wildman–Crippen LogP) is 1.15. The summed E-state index contributed by atoms with van der Waals surface area (Å²) in [6.45, 7) is 4.35. The minimum absolute atomic E-state index is 0.0380. The Kier molecular flexibility index (Phi) is 5.12. The van der Waals surface area contributed by atoms with Crippen LogP contribution in [-0.2, 0) is 9.53 Å². The highest BCUT2D eigenvalue weighted by Gasteiger charge is 2.17. The van der Waals surface area contributed by atoms with Gasteiger partial charge in [0, 0.05) is 13.2 Å². The van der Waals surface area contributed by atoms with Crippen LogP contribution in [0.4, 0.5) is 0 Å². The lowest BCUT2D eigenvalue weighted by Crippen LogP contribution is -2.41. The van der Waals surface area contributed by atoms with Gasteiger partial charge in [-0.2, -0.15) is 0 Å². The minimum atomic E-state index is -0.630. The van der Waals surface area contributed by atoms with E-state index in [1.54, 1.807) is 7.11 Å². The van der Waals surface area contributed by atoms with Crippen LogP contribution < -0.4 is 11.1 Å². The normalized spacial score (nSPS) is 14.1. The molecule has 4 nitrogen and oxygen atoms in total. The van der Waals surface area contributed by atoms with Crippen LogP contribution >= 0.6 is 0 Å². The van der Waals surface area contributed by atoms with E-state index in [0.29, 0.717) is 6.61 Å². The van der Waals surface area contributed by atoms with E-state index in [9.17, 15) is 4.79 Å². The van der Waals surface area contributed by atoms with E-state index in [1.807, 2.05) is 38.1 Å². The molecule has 1 aromatic rings. The van der Waals surface area contributed by atoms with E-state index in [2.05, 4.69) is 5.32 Å². The van der Waals surface area contributed by atoms with E-state index in [-0.39, 0.29) is 11.9 Å². The SMILES string of the molecule is COCC(C)NC(=O)C(N)c1ccc(C)cc1. The molecule has 2 atom stereocenters. The molecule has 0 aliphatic carbocycles. The van der Waals surface area contributed by atoms with Gasteiger partial charge in [-0.05, 0) is 19.4 Å². The number of carbonyl (C=O) groups is 1. The van der Waals surface area contributed by atoms with Gasteiger partial charge in [0.05, 0.1) is 6.61 Å². The standard InChI is InChI=1S/C13H20N2O2/c1-9-4-6-11(7-5-9)12(14)13(16)15-10(2)8-17-3/h4-7,10,12H,8,14H2,1-3H3,(H,15,16). The van der Waals surface area contributed by atoms with Crippen LogP contribution in [0.1, 0.15) is 24.1 Å². The van der Waals surface area contributed by atoms with Crippen molar-refractivity contribution in [1.29, 1.82) is 0 Å². The lowest BCUT2D eigenvalue weighted by molar-refractivity contribution is -0.123. The quantitative estimate of drug-likeness (QED) is 0.806.